The van der Waals surface area contributed by atoms with Gasteiger partial charge in [0.05, 0.1) is 6.42 Å². The monoisotopic (exact) mass is 341 g/mol. The SMILES string of the molecule is N[C@@H](CC(=O)O)C(=O)O.[Pb]. The van der Waals surface area contributed by atoms with Crippen LogP contribution in [0.4, 0.5) is 0 Å². The van der Waals surface area contributed by atoms with Crippen molar-refractivity contribution < 1.29 is 19.8 Å². The average molecular weight is 340 g/mol. The first-order valence-electron chi connectivity index (χ1n) is 2.24. The van der Waals surface area contributed by atoms with Gasteiger partial charge in [0.15, 0.2) is 0 Å². The Balaban J connectivity index is 0. The van der Waals surface area contributed by atoms with Crippen LogP contribution in [0.15, 0.2) is 0 Å². The molecule has 0 amide bonds. The fourth-order valence-electron chi connectivity index (χ4n) is 0.275. The van der Waals surface area contributed by atoms with Gasteiger partial charge in [-0.3, -0.25) is 9.59 Å². The van der Waals surface area contributed by atoms with E-state index in [0.717, 1.165) is 0 Å². The third-order valence-corrected chi connectivity index (χ3v) is 0.712. The Morgan fingerprint density at radius 3 is 1.90 bits per heavy atom. The quantitative estimate of drug-likeness (QED) is 0.543. The van der Waals surface area contributed by atoms with Crippen molar-refractivity contribution in [1.29, 1.82) is 0 Å². The van der Waals surface area contributed by atoms with Crippen molar-refractivity contribution in [2.24, 2.45) is 5.73 Å². The first-order chi connectivity index (χ1) is 4.04. The Morgan fingerprint density at radius 2 is 1.80 bits per heavy atom. The van der Waals surface area contributed by atoms with Crippen LogP contribution in [0.25, 0.3) is 0 Å². The molecule has 10 heavy (non-hydrogen) atoms. The van der Waals surface area contributed by atoms with E-state index in [9.17, 15) is 9.59 Å². The van der Waals surface area contributed by atoms with Gasteiger partial charge >= 0.3 is 11.9 Å². The fourth-order valence-corrected chi connectivity index (χ4v) is 0.275. The first kappa shape index (κ1) is 12.5. The van der Waals surface area contributed by atoms with Gasteiger partial charge in [0, 0.05) is 27.3 Å². The van der Waals surface area contributed by atoms with Crippen LogP contribution in [-0.2, 0) is 9.59 Å². The topological polar surface area (TPSA) is 101 Å². The van der Waals surface area contributed by atoms with Crippen LogP contribution in [0.5, 0.6) is 0 Å². The van der Waals surface area contributed by atoms with E-state index in [2.05, 4.69) is 0 Å². The van der Waals surface area contributed by atoms with Crippen molar-refractivity contribution in [3.05, 3.63) is 0 Å². The molecule has 0 aliphatic heterocycles. The van der Waals surface area contributed by atoms with E-state index in [0.29, 0.717) is 0 Å². The Kier molecular flexibility index (Phi) is 6.99. The summed E-state index contributed by atoms with van der Waals surface area (Å²) < 4.78 is 0. The smallest absolute Gasteiger partial charge is 0.321 e. The molecule has 0 unspecified atom stereocenters. The average Bonchev–Trinajstić information content (AvgIpc) is 1.63. The molecule has 0 fully saturated rings. The second-order valence-electron chi connectivity index (χ2n) is 1.54. The minimum Gasteiger partial charge on any atom is -0.481 e. The van der Waals surface area contributed by atoms with Gasteiger partial charge in [-0.1, -0.05) is 0 Å². The zero-order valence-corrected chi connectivity index (χ0v) is 8.96. The van der Waals surface area contributed by atoms with Crippen molar-refractivity contribution in [3.63, 3.8) is 0 Å². The minimum atomic E-state index is -1.29. The standard InChI is InChI=1S/C4H7NO4.Pb/c5-2(4(8)9)1-3(6)7;/h2H,1,5H2,(H,6,7)(H,8,9);/t2-;/m0./s1. The van der Waals surface area contributed by atoms with Crippen LogP contribution >= 0.6 is 0 Å². The molecular weight excluding hydrogens is 333 g/mol. The molecule has 0 saturated heterocycles. The molecule has 56 valence electrons. The summed E-state index contributed by atoms with van der Waals surface area (Å²) in [5.74, 6) is -2.50. The van der Waals surface area contributed by atoms with Crippen LogP contribution in [0.1, 0.15) is 6.42 Å². The second-order valence-corrected chi connectivity index (χ2v) is 1.54. The number of carbonyl (C=O) groups is 2. The van der Waals surface area contributed by atoms with E-state index in [4.69, 9.17) is 15.9 Å². The molecule has 5 nitrogen and oxygen atoms in total. The fraction of sp³-hybridized carbons (Fsp3) is 0.500. The Bertz CT molecular complexity index is 137. The Labute approximate surface area is 77.4 Å². The van der Waals surface area contributed by atoms with Gasteiger partial charge in [-0.05, 0) is 0 Å². The van der Waals surface area contributed by atoms with Crippen molar-refractivity contribution in [3.8, 4) is 0 Å². The third-order valence-electron chi connectivity index (χ3n) is 0.712. The number of carboxylic acids is 2. The molecule has 0 rings (SSSR count). The predicted molar refractivity (Wildman–Crippen MR) is 33.6 cm³/mol. The number of hydrogen-bond acceptors (Lipinski definition) is 3. The van der Waals surface area contributed by atoms with E-state index >= 15 is 0 Å². The molecule has 0 bridgehead atoms. The molecule has 0 aromatic heterocycles. The summed E-state index contributed by atoms with van der Waals surface area (Å²) in [5, 5.41) is 16.0. The van der Waals surface area contributed by atoms with E-state index in [1.54, 1.807) is 0 Å². The predicted octanol–water partition coefficient (Wildman–Crippen LogP) is -1.51. The van der Waals surface area contributed by atoms with Crippen molar-refractivity contribution in [2.45, 2.75) is 12.5 Å². The molecule has 1 atom stereocenters. The molecule has 0 aromatic rings. The molecule has 0 aromatic carbocycles. The molecule has 6 heteroatoms. The van der Waals surface area contributed by atoms with Gasteiger partial charge in [0.1, 0.15) is 6.04 Å². The zero-order valence-electron chi connectivity index (χ0n) is 5.07. The zero-order chi connectivity index (χ0) is 7.44. The van der Waals surface area contributed by atoms with Gasteiger partial charge in [-0.15, -0.1) is 0 Å². The van der Waals surface area contributed by atoms with Crippen LogP contribution in [0, 0.1) is 0 Å². The summed E-state index contributed by atoms with van der Waals surface area (Å²) in [4.78, 5) is 19.6. The van der Waals surface area contributed by atoms with E-state index in [-0.39, 0.29) is 27.3 Å². The minimum absolute atomic E-state index is 0. The van der Waals surface area contributed by atoms with Gasteiger partial charge in [-0.2, -0.15) is 0 Å². The number of hydrogen-bond donors (Lipinski definition) is 3. The third kappa shape index (κ3) is 5.95. The Hall–Kier alpha value is -0.178. The Morgan fingerprint density at radius 1 is 1.40 bits per heavy atom. The summed E-state index contributed by atoms with van der Waals surface area (Å²) in [6.07, 6.45) is -0.532. The van der Waals surface area contributed by atoms with Gasteiger partial charge in [0.2, 0.25) is 0 Å². The van der Waals surface area contributed by atoms with E-state index < -0.39 is 24.4 Å². The molecule has 0 heterocycles. The molecular formula is C4H7NO4Pb. The van der Waals surface area contributed by atoms with Crippen LogP contribution < -0.4 is 5.73 Å². The van der Waals surface area contributed by atoms with Gasteiger partial charge in [0.25, 0.3) is 0 Å². The van der Waals surface area contributed by atoms with Crippen LogP contribution in [0.3, 0.4) is 0 Å². The van der Waals surface area contributed by atoms with E-state index in [1.165, 1.54) is 0 Å². The molecule has 0 aliphatic rings. The number of nitrogens with two attached hydrogens (primary N) is 1. The number of rotatable bonds is 3. The molecule has 4 N–H and O–H groups in total. The molecule has 0 aliphatic carbocycles. The van der Waals surface area contributed by atoms with E-state index in [1.807, 2.05) is 0 Å². The molecule has 0 saturated carbocycles. The van der Waals surface area contributed by atoms with Crippen LogP contribution in [0.2, 0.25) is 0 Å². The summed E-state index contributed by atoms with van der Waals surface area (Å²) in [6, 6.07) is -1.29. The molecule has 0 spiro atoms. The maximum absolute atomic E-state index is 9.85. The summed E-state index contributed by atoms with van der Waals surface area (Å²) in [6.45, 7) is 0. The summed E-state index contributed by atoms with van der Waals surface area (Å²) in [7, 11) is 0. The van der Waals surface area contributed by atoms with Crippen molar-refractivity contribution >= 4 is 39.2 Å². The maximum atomic E-state index is 9.85. The normalized spacial score (nSPS) is 11.3. The second kappa shape index (κ2) is 5.60. The van der Waals surface area contributed by atoms with Gasteiger partial charge < -0.3 is 15.9 Å². The van der Waals surface area contributed by atoms with Crippen molar-refractivity contribution in [1.82, 2.24) is 0 Å². The summed E-state index contributed by atoms with van der Waals surface area (Å²) >= 11 is 0. The maximum Gasteiger partial charge on any atom is 0.321 e. The van der Waals surface area contributed by atoms with Crippen molar-refractivity contribution in [2.75, 3.05) is 0 Å². The van der Waals surface area contributed by atoms with Crippen LogP contribution in [-0.4, -0.2) is 55.5 Å². The van der Waals surface area contributed by atoms with Gasteiger partial charge in [-0.25, -0.2) is 0 Å². The number of aliphatic carboxylic acids is 2. The largest absolute Gasteiger partial charge is 0.481 e. The first-order valence-corrected chi connectivity index (χ1v) is 2.24. The summed E-state index contributed by atoms with van der Waals surface area (Å²) in [5.41, 5.74) is 4.84. The number of carboxylic acid groups (broad SMARTS) is 2. The molecule has 4 radical (unpaired) electrons.